The van der Waals surface area contributed by atoms with Crippen molar-refractivity contribution in [3.05, 3.63) is 6.17 Å². The Bertz CT molecular complexity index is 297. The van der Waals surface area contributed by atoms with Gasteiger partial charge in [-0.05, 0) is 12.3 Å². The van der Waals surface area contributed by atoms with E-state index < -0.39 is 0 Å². The van der Waals surface area contributed by atoms with E-state index in [1.807, 2.05) is 12.4 Å². The molecule has 132 valence electrons. The van der Waals surface area contributed by atoms with E-state index in [4.69, 9.17) is 0 Å². The van der Waals surface area contributed by atoms with E-state index in [1.54, 1.807) is 0 Å². The first kappa shape index (κ1) is 20.3. The van der Waals surface area contributed by atoms with Crippen LogP contribution in [0.15, 0.2) is 9.98 Å². The van der Waals surface area contributed by atoms with Crippen LogP contribution in [0.2, 0.25) is 0 Å². The Morgan fingerprint density at radius 3 is 1.65 bits per heavy atom. The molecule has 0 bridgehead atoms. The van der Waals surface area contributed by atoms with Gasteiger partial charge in [-0.15, -0.1) is 0 Å². The minimum Gasteiger partial charge on any atom is -0.0968 e. The smallest absolute Gasteiger partial charge is 0.0968 e. The predicted octanol–water partition coefficient (Wildman–Crippen LogP) is 7.14. The molecule has 0 saturated carbocycles. The van der Waals surface area contributed by atoms with Gasteiger partial charge in [0.05, 0.1) is 6.42 Å². The first-order valence-electron chi connectivity index (χ1n) is 10.3. The van der Waals surface area contributed by atoms with Gasteiger partial charge in [0.1, 0.15) is 0 Å². The minimum absolute atomic E-state index is 0.778. The maximum Gasteiger partial charge on any atom is 0.240 e. The Hall–Kier alpha value is -0.790. The summed E-state index contributed by atoms with van der Waals surface area (Å²) in [6.45, 7) is 4.59. The summed E-state index contributed by atoms with van der Waals surface area (Å²) in [5.41, 5.74) is 0. The highest BCUT2D eigenvalue weighted by molar-refractivity contribution is 6.18. The molecule has 0 spiro atoms. The van der Waals surface area contributed by atoms with E-state index in [9.17, 15) is 0 Å². The van der Waals surface area contributed by atoms with Crippen molar-refractivity contribution in [2.45, 2.75) is 110 Å². The second kappa shape index (κ2) is 14.8. The second-order valence-corrected chi connectivity index (χ2v) is 7.13. The molecule has 1 rings (SSSR count). The van der Waals surface area contributed by atoms with Crippen molar-refractivity contribution < 1.29 is 0 Å². The van der Waals surface area contributed by atoms with Crippen LogP contribution >= 0.6 is 0 Å². The molecule has 1 unspecified atom stereocenters. The van der Waals surface area contributed by atoms with E-state index >= 15 is 0 Å². The van der Waals surface area contributed by atoms with E-state index in [0.717, 1.165) is 18.5 Å². The van der Waals surface area contributed by atoms with E-state index in [1.165, 1.54) is 89.9 Å². The maximum absolute atomic E-state index is 4.30. The Balaban J connectivity index is 1.83. The summed E-state index contributed by atoms with van der Waals surface area (Å²) in [5.74, 6) is 0.778. The summed E-state index contributed by atoms with van der Waals surface area (Å²) in [6, 6.07) is 0. The third-order valence-electron chi connectivity index (χ3n) is 5.03. The van der Waals surface area contributed by atoms with Crippen molar-refractivity contribution in [3.63, 3.8) is 0 Å². The molecule has 0 aromatic carbocycles. The molecule has 1 atom stereocenters. The normalized spacial score (nSPS) is 14.8. The molecule has 0 saturated heterocycles. The SMILES string of the molecule is CCCCCCCCCCCCCCC(CC)C[C+]1N=CC=N1. The third kappa shape index (κ3) is 11.4. The zero-order valence-corrected chi connectivity index (χ0v) is 15.7. The van der Waals surface area contributed by atoms with Crippen LogP contribution < -0.4 is 0 Å². The quantitative estimate of drug-likeness (QED) is 0.213. The van der Waals surface area contributed by atoms with Crippen molar-refractivity contribution in [2.75, 3.05) is 0 Å². The number of hydrogen-bond acceptors (Lipinski definition) is 2. The zero-order valence-electron chi connectivity index (χ0n) is 15.7. The van der Waals surface area contributed by atoms with E-state index in [2.05, 4.69) is 23.8 Å². The molecule has 0 aliphatic carbocycles. The van der Waals surface area contributed by atoms with Crippen LogP contribution in [0, 0.1) is 12.1 Å². The van der Waals surface area contributed by atoms with Crippen LogP contribution in [0.4, 0.5) is 0 Å². The van der Waals surface area contributed by atoms with Gasteiger partial charge in [0.15, 0.2) is 12.4 Å². The average molecular weight is 320 g/mol. The van der Waals surface area contributed by atoms with Crippen LogP contribution in [-0.4, -0.2) is 12.4 Å². The van der Waals surface area contributed by atoms with Gasteiger partial charge in [0.2, 0.25) is 6.17 Å². The highest BCUT2D eigenvalue weighted by Crippen LogP contribution is 2.26. The first-order chi connectivity index (χ1) is 11.4. The molecule has 0 radical (unpaired) electrons. The van der Waals surface area contributed by atoms with Gasteiger partial charge >= 0.3 is 0 Å². The van der Waals surface area contributed by atoms with Gasteiger partial charge < -0.3 is 0 Å². The van der Waals surface area contributed by atoms with Gasteiger partial charge in [-0.1, -0.05) is 107 Å². The third-order valence-corrected chi connectivity index (χ3v) is 5.03. The van der Waals surface area contributed by atoms with Crippen molar-refractivity contribution in [3.8, 4) is 0 Å². The molecule has 1 aliphatic rings. The summed E-state index contributed by atoms with van der Waals surface area (Å²) in [4.78, 5) is 8.60. The molecular weight excluding hydrogens is 280 g/mol. The van der Waals surface area contributed by atoms with Crippen LogP contribution in [0.25, 0.3) is 0 Å². The molecule has 2 heteroatoms. The summed E-state index contributed by atoms with van der Waals surface area (Å²) >= 11 is 0. The van der Waals surface area contributed by atoms with Crippen LogP contribution in [0.1, 0.15) is 110 Å². The average Bonchev–Trinajstić information content (AvgIpc) is 3.07. The van der Waals surface area contributed by atoms with Crippen LogP contribution in [0.5, 0.6) is 0 Å². The van der Waals surface area contributed by atoms with Gasteiger partial charge in [-0.3, -0.25) is 0 Å². The summed E-state index contributed by atoms with van der Waals surface area (Å²) < 4.78 is 0. The summed E-state index contributed by atoms with van der Waals surface area (Å²) in [6.07, 6.45) is 25.5. The van der Waals surface area contributed by atoms with Crippen molar-refractivity contribution in [1.82, 2.24) is 0 Å². The first-order valence-corrected chi connectivity index (χ1v) is 10.3. The van der Waals surface area contributed by atoms with Gasteiger partial charge in [-0.25, -0.2) is 0 Å². The zero-order chi connectivity index (χ0) is 16.6. The van der Waals surface area contributed by atoms with Crippen molar-refractivity contribution in [1.29, 1.82) is 0 Å². The molecule has 2 nitrogen and oxygen atoms in total. The largest absolute Gasteiger partial charge is 0.240 e. The number of rotatable bonds is 16. The molecule has 0 fully saturated rings. The minimum atomic E-state index is 0.778. The van der Waals surface area contributed by atoms with Crippen molar-refractivity contribution in [2.24, 2.45) is 15.9 Å². The Kier molecular flexibility index (Phi) is 13.0. The number of unbranched alkanes of at least 4 members (excludes halogenated alkanes) is 11. The summed E-state index contributed by atoms with van der Waals surface area (Å²) in [7, 11) is 0. The molecule has 0 amide bonds. The summed E-state index contributed by atoms with van der Waals surface area (Å²) in [5, 5.41) is 0. The second-order valence-electron chi connectivity index (χ2n) is 7.13. The Morgan fingerprint density at radius 1 is 0.696 bits per heavy atom. The fourth-order valence-corrected chi connectivity index (χ4v) is 3.36. The highest BCUT2D eigenvalue weighted by Gasteiger charge is 2.20. The molecule has 0 N–H and O–H groups in total. The number of hydrogen-bond donors (Lipinski definition) is 0. The lowest BCUT2D eigenvalue weighted by Crippen LogP contribution is -2.03. The van der Waals surface area contributed by atoms with Crippen LogP contribution in [0.3, 0.4) is 0 Å². The number of nitrogens with zero attached hydrogens (tertiary/aromatic N) is 2. The number of aliphatic imine (C=N–C) groups is 2. The van der Waals surface area contributed by atoms with Crippen LogP contribution in [-0.2, 0) is 0 Å². The molecule has 0 aromatic heterocycles. The fourth-order valence-electron chi connectivity index (χ4n) is 3.36. The molecule has 0 aromatic rings. The molecular formula is C21H39N2+. The van der Waals surface area contributed by atoms with Gasteiger partial charge in [0.25, 0.3) is 0 Å². The fraction of sp³-hybridized carbons (Fsp3) is 0.857. The predicted molar refractivity (Wildman–Crippen MR) is 104 cm³/mol. The Morgan fingerprint density at radius 2 is 1.17 bits per heavy atom. The standard InChI is InChI=1S/C21H39N2/c1-3-5-6-7-8-9-10-11-12-13-14-15-16-20(4-2)19-21-22-17-18-23-21/h17-18,20H,3-16,19H2,1-2H3/q+1. The highest BCUT2D eigenvalue weighted by atomic mass is 15.0. The topological polar surface area (TPSA) is 24.7 Å². The van der Waals surface area contributed by atoms with Gasteiger partial charge in [-0.2, -0.15) is 0 Å². The van der Waals surface area contributed by atoms with Crippen molar-refractivity contribution >= 4 is 12.4 Å². The lowest BCUT2D eigenvalue weighted by atomic mass is 9.93. The van der Waals surface area contributed by atoms with E-state index in [-0.39, 0.29) is 0 Å². The lowest BCUT2D eigenvalue weighted by Gasteiger charge is -2.12. The molecule has 1 heterocycles. The lowest BCUT2D eigenvalue weighted by molar-refractivity contribution is 0.416. The Labute approximate surface area is 145 Å². The monoisotopic (exact) mass is 319 g/mol. The van der Waals surface area contributed by atoms with Gasteiger partial charge in [0, 0.05) is 0 Å². The maximum atomic E-state index is 4.30. The molecule has 23 heavy (non-hydrogen) atoms. The van der Waals surface area contributed by atoms with E-state index in [0.29, 0.717) is 0 Å². The molecule has 1 aliphatic heterocycles.